The normalized spacial score (nSPS) is 13.8. The average molecular weight is 1960 g/mol. The summed E-state index contributed by atoms with van der Waals surface area (Å²) in [4.78, 5) is 12.3. The predicted molar refractivity (Wildman–Crippen MR) is 634 cm³/mol. The number of hydrogen-bond acceptors (Lipinski definition) is 10. The van der Waals surface area contributed by atoms with E-state index in [1.807, 2.05) is 22.7 Å². The van der Waals surface area contributed by atoms with Gasteiger partial charge in [-0.2, -0.15) is 0 Å². The molecule has 4 aromatic heterocycles. The number of fused-ring (bicyclic) bond motifs is 16. The lowest BCUT2D eigenvalue weighted by Gasteiger charge is -2.42. The third-order valence-electron chi connectivity index (χ3n) is 30.1. The molecule has 4 aliphatic rings. The van der Waals surface area contributed by atoms with Gasteiger partial charge >= 0.3 is 0 Å². The van der Waals surface area contributed by atoms with E-state index < -0.39 is 0 Å². The molecule has 0 amide bonds. The standard InChI is InChI=1S/C66H70BN3OS.C46H44BClN2OS.C20H27N/c1-62(2,3)41-20-29-46(30-21-41)68(47-31-22-42(23-32-47)63(4,5)6)50-39-53-58-54(40-50)70(49-35-26-44(27-36-49)65(10,11)12)61-57(51-18-16-17-19-55(51)71-61)67(58)60-59(52-38-45(66(13,14)15)28-37-56(52)72-60)69(53)48-33-24-43(25-34-48)64(7,8)9;1-44(2,3)27-14-19-31(20-15-27)49-35-25-30(48)26-36-40(35)47(42-41(49)34-24-29(46(7,8)9)18-23-38(34)52-42)39-33-12-10-11-13-37(33)51-43(39)50(36)32-21-16-28(17-22-32)45(4,5)6;1-19(2,3)15-7-11-17(12-8-15)21-18-13-9-16(10-14-18)20(4,5)6/h16-40H,1-15H3;10-26H,1-9H3;7-14,21H,1-6H3. The van der Waals surface area contributed by atoms with Gasteiger partial charge in [0.2, 0.25) is 11.8 Å². The monoisotopic (exact) mass is 1960 g/mol. The summed E-state index contributed by atoms with van der Waals surface area (Å²) >= 11 is 11.1. The van der Waals surface area contributed by atoms with Crippen molar-refractivity contribution in [3.8, 4) is 0 Å². The Morgan fingerprint density at radius 2 is 0.497 bits per heavy atom. The molecule has 13 heteroatoms. The summed E-state index contributed by atoms with van der Waals surface area (Å²) in [5.41, 5.74) is 37.2. The van der Waals surface area contributed by atoms with E-state index in [0.29, 0.717) is 5.02 Å². The first-order valence-electron chi connectivity index (χ1n) is 51.9. The molecule has 4 aliphatic heterocycles. The Hall–Kier alpha value is -12.7. The third-order valence-corrected chi connectivity index (χ3v) is 32.7. The molecule has 8 nitrogen and oxygen atoms in total. The number of halogens is 1. The largest absolute Gasteiger partial charge is 0.440 e. The van der Waals surface area contributed by atoms with E-state index in [9.17, 15) is 0 Å². The van der Waals surface area contributed by atoms with E-state index in [1.165, 1.54) is 124 Å². The highest BCUT2D eigenvalue weighted by Crippen LogP contribution is 2.56. The van der Waals surface area contributed by atoms with Crippen LogP contribution in [0.3, 0.4) is 0 Å². The van der Waals surface area contributed by atoms with Crippen LogP contribution in [0.25, 0.3) is 42.1 Å². The first-order valence-corrected chi connectivity index (χ1v) is 53.9. The zero-order valence-corrected chi connectivity index (χ0v) is 93.2. The molecule has 18 aromatic rings. The van der Waals surface area contributed by atoms with Crippen molar-refractivity contribution in [1.29, 1.82) is 0 Å². The van der Waals surface area contributed by atoms with Crippen LogP contribution in [0.5, 0.6) is 0 Å². The molecule has 0 saturated carbocycles. The molecule has 0 radical (unpaired) electrons. The number of furan rings is 2. The van der Waals surface area contributed by atoms with Crippen LogP contribution in [-0.2, 0) is 54.1 Å². The summed E-state index contributed by atoms with van der Waals surface area (Å²) in [6.07, 6.45) is 0. The number of para-hydroxylation sites is 2. The number of hydrogen-bond donors (Lipinski definition) is 1. The Morgan fingerprint density at radius 1 is 0.248 bits per heavy atom. The van der Waals surface area contributed by atoms with Crippen LogP contribution in [-0.4, -0.2) is 13.4 Å². The molecule has 1 N–H and O–H groups in total. The van der Waals surface area contributed by atoms with Gasteiger partial charge in [-0.05, 0) is 278 Å². The predicted octanol–water partition coefficient (Wildman–Crippen LogP) is 36.0. The number of anilines is 17. The zero-order valence-electron chi connectivity index (χ0n) is 90.8. The van der Waals surface area contributed by atoms with E-state index >= 15 is 0 Å². The van der Waals surface area contributed by atoms with E-state index in [-0.39, 0.29) is 67.6 Å². The Morgan fingerprint density at radius 3 is 0.793 bits per heavy atom. The molecule has 0 atom stereocenters. The van der Waals surface area contributed by atoms with Gasteiger partial charge in [0.15, 0.2) is 0 Å². The van der Waals surface area contributed by atoms with Gasteiger partial charge in [-0.25, -0.2) is 0 Å². The minimum absolute atomic E-state index is 0.000187. The highest BCUT2D eigenvalue weighted by Gasteiger charge is 2.52. The lowest BCUT2D eigenvalue weighted by molar-refractivity contribution is 0.590. The van der Waals surface area contributed by atoms with Crippen LogP contribution in [0.2, 0.25) is 5.02 Å². The summed E-state index contributed by atoms with van der Waals surface area (Å²) < 4.78 is 19.4. The fourth-order valence-electron chi connectivity index (χ4n) is 21.4. The van der Waals surface area contributed by atoms with Crippen molar-refractivity contribution in [3.05, 3.63) is 364 Å². The summed E-state index contributed by atoms with van der Waals surface area (Å²) in [6.45, 7) is 68.3. The molecule has 145 heavy (non-hydrogen) atoms. The van der Waals surface area contributed by atoms with Gasteiger partial charge < -0.3 is 28.9 Å². The lowest BCUT2D eigenvalue weighted by atomic mass is 9.36. The van der Waals surface area contributed by atoms with Gasteiger partial charge in [0.25, 0.3) is 13.4 Å². The van der Waals surface area contributed by atoms with Crippen molar-refractivity contribution in [3.63, 3.8) is 0 Å². The topological polar surface area (TPSA) is 54.5 Å². The summed E-state index contributed by atoms with van der Waals surface area (Å²) in [6, 6.07) is 113. The van der Waals surface area contributed by atoms with E-state index in [4.69, 9.17) is 20.4 Å². The molecule has 0 unspecified atom stereocenters. The summed E-state index contributed by atoms with van der Waals surface area (Å²) in [5, 5.41) is 9.00. The Bertz CT molecular complexity index is 7860. The van der Waals surface area contributed by atoms with Crippen LogP contribution in [0, 0.1) is 0 Å². The first kappa shape index (κ1) is 99.6. The molecule has 0 aliphatic carbocycles. The maximum Gasteiger partial charge on any atom is 0.269 e. The molecule has 0 bridgehead atoms. The van der Waals surface area contributed by atoms with E-state index in [1.54, 1.807) is 0 Å². The van der Waals surface area contributed by atoms with Crippen LogP contribution in [0.15, 0.2) is 312 Å². The van der Waals surface area contributed by atoms with Crippen LogP contribution in [0.4, 0.5) is 97.1 Å². The molecule has 0 spiro atoms. The number of benzene rings is 14. The second kappa shape index (κ2) is 35.9. The highest BCUT2D eigenvalue weighted by molar-refractivity contribution is 7.34. The molecule has 0 fully saturated rings. The number of rotatable bonds is 9. The van der Waals surface area contributed by atoms with Crippen molar-refractivity contribution >= 4 is 218 Å². The second-order valence-corrected chi connectivity index (χ2v) is 53.6. The Balaban J connectivity index is 0.000000152. The summed E-state index contributed by atoms with van der Waals surface area (Å²) in [7, 11) is 0. The minimum Gasteiger partial charge on any atom is -0.440 e. The molecule has 22 rings (SSSR count). The summed E-state index contributed by atoms with van der Waals surface area (Å²) in [5.74, 6) is 1.73. The maximum atomic E-state index is 7.28. The van der Waals surface area contributed by atoms with Crippen LogP contribution < -0.4 is 61.2 Å². The van der Waals surface area contributed by atoms with Crippen LogP contribution >= 0.6 is 34.3 Å². The van der Waals surface area contributed by atoms with Gasteiger partial charge in [-0.15, -0.1) is 22.7 Å². The molecular weight excluding hydrogens is 1820 g/mol. The third kappa shape index (κ3) is 18.6. The van der Waals surface area contributed by atoms with E-state index in [0.717, 1.165) is 102 Å². The molecular formula is C132H141B2ClN6O2S2. The average Bonchev–Trinajstić information content (AvgIpc) is 1.56. The van der Waals surface area contributed by atoms with Crippen molar-refractivity contribution < 1.29 is 8.83 Å². The molecule has 8 heterocycles. The van der Waals surface area contributed by atoms with Crippen molar-refractivity contribution in [2.24, 2.45) is 0 Å². The van der Waals surface area contributed by atoms with Crippen molar-refractivity contribution in [2.45, 2.75) is 262 Å². The fourth-order valence-corrected chi connectivity index (χ4v) is 24.1. The van der Waals surface area contributed by atoms with Gasteiger partial charge in [0, 0.05) is 125 Å². The molecule has 0 saturated heterocycles. The lowest BCUT2D eigenvalue weighted by Crippen LogP contribution is -2.60. The highest BCUT2D eigenvalue weighted by atomic mass is 35.5. The van der Waals surface area contributed by atoms with Gasteiger partial charge in [0.05, 0.1) is 17.1 Å². The Kier molecular flexibility index (Phi) is 24.6. The fraction of sp³-hybridized carbons (Fsp3) is 0.303. The van der Waals surface area contributed by atoms with Crippen molar-refractivity contribution in [1.82, 2.24) is 0 Å². The minimum atomic E-state index is -0.103. The second-order valence-electron chi connectivity index (χ2n) is 51.0. The smallest absolute Gasteiger partial charge is 0.269 e. The van der Waals surface area contributed by atoms with Gasteiger partial charge in [-0.3, -0.25) is 9.80 Å². The van der Waals surface area contributed by atoms with Crippen molar-refractivity contribution in [2.75, 3.05) is 29.8 Å². The molecule has 14 aromatic carbocycles. The first-order chi connectivity index (χ1) is 68.1. The van der Waals surface area contributed by atoms with Crippen LogP contribution in [0.1, 0.15) is 263 Å². The SMILES string of the molecule is CC(C)(C)c1ccc(N(c2ccc(C(C)(C)C)cc2)c2cc3c4c(c2)N(c2ccc(C(C)(C)C)cc2)c2c(sc5ccc(C(C)(C)C)cc25)B4c2c(oc4ccccc24)N3c2ccc(C(C)(C)C)cc2)cc1.CC(C)(C)c1ccc(N2c3cc(Cl)cc4c3B(c3sc5ccc(C(C)(C)C)cc5c3N4c3ccc(C(C)(C)C)cc3)c3c2oc2ccccc32)cc1.CC(C)(C)c1ccc(Nc2ccc(C(C)(C)C)cc2)cc1. The Labute approximate surface area is 876 Å². The molecule has 736 valence electrons. The quantitative estimate of drug-likeness (QED) is 0.144. The van der Waals surface area contributed by atoms with Gasteiger partial charge in [0.1, 0.15) is 11.2 Å². The van der Waals surface area contributed by atoms with E-state index in [2.05, 4.69) is 541 Å². The zero-order chi connectivity index (χ0) is 103. The number of nitrogens with zero attached hydrogens (tertiary/aromatic N) is 5. The number of nitrogens with one attached hydrogen (secondary N) is 1. The maximum absolute atomic E-state index is 7.28. The van der Waals surface area contributed by atoms with Gasteiger partial charge in [-0.1, -0.05) is 365 Å². The number of thiophene rings is 2.